The molecule has 4 atom stereocenters. The zero-order valence-electron chi connectivity index (χ0n) is 16.7. The van der Waals surface area contributed by atoms with E-state index in [1.54, 1.807) is 0 Å². The lowest BCUT2D eigenvalue weighted by molar-refractivity contribution is -0.157. The Morgan fingerprint density at radius 1 is 0.750 bits per heavy atom. The summed E-state index contributed by atoms with van der Waals surface area (Å²) in [6.07, 6.45) is 0. The van der Waals surface area contributed by atoms with E-state index in [4.69, 9.17) is 9.47 Å². The van der Waals surface area contributed by atoms with Gasteiger partial charge in [0.05, 0.1) is 26.1 Å². The minimum absolute atomic E-state index is 0.0947. The first-order valence-electron chi connectivity index (χ1n) is 9.54. The van der Waals surface area contributed by atoms with Gasteiger partial charge in [-0.15, -0.1) is 0 Å². The normalized spacial score (nSPS) is 24.9. The molecule has 0 saturated carbocycles. The number of esters is 2. The average Bonchev–Trinajstić information content (AvgIpc) is 3.10. The lowest BCUT2D eigenvalue weighted by Crippen LogP contribution is -2.35. The Labute approximate surface area is 166 Å². The summed E-state index contributed by atoms with van der Waals surface area (Å²) in [7, 11) is 2.74. The fourth-order valence-corrected chi connectivity index (χ4v) is 4.46. The SMILES string of the molecule is COC(=O)[C@H]1[C@H](C(=O)OC)[C@@H](c2ccccc2)N(C(C)C)[C@@H]1c1ccccc1. The molecule has 0 aliphatic carbocycles. The molecule has 28 heavy (non-hydrogen) atoms. The quantitative estimate of drug-likeness (QED) is 0.738. The summed E-state index contributed by atoms with van der Waals surface area (Å²) in [6.45, 7) is 4.17. The average molecular weight is 381 g/mol. The molecule has 1 heterocycles. The lowest BCUT2D eigenvalue weighted by atomic mass is 9.82. The Hall–Kier alpha value is -2.66. The third-order valence-corrected chi connectivity index (χ3v) is 5.53. The van der Waals surface area contributed by atoms with Gasteiger partial charge in [-0.1, -0.05) is 60.7 Å². The van der Waals surface area contributed by atoms with E-state index in [1.807, 2.05) is 60.7 Å². The number of carbonyl (C=O) groups excluding carboxylic acids is 2. The Kier molecular flexibility index (Phi) is 6.15. The molecule has 3 rings (SSSR count). The van der Waals surface area contributed by atoms with Crippen molar-refractivity contribution >= 4 is 11.9 Å². The van der Waals surface area contributed by atoms with Crippen LogP contribution in [-0.2, 0) is 19.1 Å². The molecule has 1 aliphatic rings. The number of methoxy groups -OCH3 is 2. The van der Waals surface area contributed by atoms with Crippen LogP contribution in [0.4, 0.5) is 0 Å². The molecule has 5 heteroatoms. The molecule has 1 fully saturated rings. The summed E-state index contributed by atoms with van der Waals surface area (Å²) < 4.78 is 10.3. The molecular weight excluding hydrogens is 354 g/mol. The molecule has 0 amide bonds. The van der Waals surface area contributed by atoms with Crippen LogP contribution in [0, 0.1) is 11.8 Å². The van der Waals surface area contributed by atoms with E-state index in [2.05, 4.69) is 18.7 Å². The second-order valence-electron chi connectivity index (χ2n) is 7.35. The molecule has 0 spiro atoms. The fraction of sp³-hybridized carbons (Fsp3) is 0.391. The van der Waals surface area contributed by atoms with Gasteiger partial charge in [-0.05, 0) is 25.0 Å². The van der Waals surface area contributed by atoms with Crippen LogP contribution in [-0.4, -0.2) is 37.1 Å². The topological polar surface area (TPSA) is 55.8 Å². The first-order valence-corrected chi connectivity index (χ1v) is 9.54. The molecule has 148 valence electrons. The van der Waals surface area contributed by atoms with Crippen LogP contribution in [0.5, 0.6) is 0 Å². The smallest absolute Gasteiger partial charge is 0.311 e. The number of nitrogens with zero attached hydrogens (tertiary/aromatic N) is 1. The minimum Gasteiger partial charge on any atom is -0.469 e. The van der Waals surface area contributed by atoms with E-state index >= 15 is 0 Å². The maximum absolute atomic E-state index is 12.9. The van der Waals surface area contributed by atoms with Crippen LogP contribution in [0.15, 0.2) is 60.7 Å². The van der Waals surface area contributed by atoms with Crippen molar-refractivity contribution in [1.29, 1.82) is 0 Å². The first kappa shape index (κ1) is 20.1. The number of hydrogen-bond donors (Lipinski definition) is 0. The Morgan fingerprint density at radius 2 is 1.11 bits per heavy atom. The number of benzene rings is 2. The monoisotopic (exact) mass is 381 g/mol. The van der Waals surface area contributed by atoms with E-state index in [-0.39, 0.29) is 18.1 Å². The summed E-state index contributed by atoms with van der Waals surface area (Å²) in [5.74, 6) is -2.11. The zero-order chi connectivity index (χ0) is 20.3. The van der Waals surface area contributed by atoms with Crippen molar-refractivity contribution in [2.45, 2.75) is 32.0 Å². The molecular formula is C23H27NO4. The first-order chi connectivity index (χ1) is 13.5. The van der Waals surface area contributed by atoms with Crippen LogP contribution >= 0.6 is 0 Å². The number of ether oxygens (including phenoxy) is 2. The van der Waals surface area contributed by atoms with Gasteiger partial charge in [-0.2, -0.15) is 0 Å². The van der Waals surface area contributed by atoms with Gasteiger partial charge in [0.2, 0.25) is 0 Å². The number of hydrogen-bond acceptors (Lipinski definition) is 5. The molecule has 2 aromatic carbocycles. The maximum Gasteiger partial charge on any atom is 0.311 e. The van der Waals surface area contributed by atoms with Crippen molar-refractivity contribution in [2.75, 3.05) is 14.2 Å². The minimum atomic E-state index is -0.660. The summed E-state index contributed by atoms with van der Waals surface area (Å²) >= 11 is 0. The van der Waals surface area contributed by atoms with Crippen molar-refractivity contribution in [2.24, 2.45) is 11.8 Å². The van der Waals surface area contributed by atoms with Gasteiger partial charge in [-0.3, -0.25) is 14.5 Å². The highest BCUT2D eigenvalue weighted by Gasteiger charge is 2.57. The predicted octanol–water partition coefficient (Wildman–Crippen LogP) is 3.77. The predicted molar refractivity (Wildman–Crippen MR) is 106 cm³/mol. The molecule has 1 aliphatic heterocycles. The second-order valence-corrected chi connectivity index (χ2v) is 7.35. The van der Waals surface area contributed by atoms with Gasteiger partial charge in [-0.25, -0.2) is 0 Å². The van der Waals surface area contributed by atoms with Crippen molar-refractivity contribution < 1.29 is 19.1 Å². The Morgan fingerprint density at radius 3 is 1.39 bits per heavy atom. The van der Waals surface area contributed by atoms with Gasteiger partial charge in [0.15, 0.2) is 0 Å². The van der Waals surface area contributed by atoms with Crippen molar-refractivity contribution in [3.05, 3.63) is 71.8 Å². The van der Waals surface area contributed by atoms with Crippen LogP contribution in [0.2, 0.25) is 0 Å². The molecule has 0 aromatic heterocycles. The molecule has 2 aromatic rings. The van der Waals surface area contributed by atoms with Crippen molar-refractivity contribution in [3.63, 3.8) is 0 Å². The summed E-state index contributed by atoms with van der Waals surface area (Å²) in [5.41, 5.74) is 1.97. The number of carbonyl (C=O) groups is 2. The summed E-state index contributed by atoms with van der Waals surface area (Å²) in [5, 5.41) is 0. The second kappa shape index (κ2) is 8.57. The highest BCUT2D eigenvalue weighted by Crippen LogP contribution is 2.53. The number of rotatable bonds is 5. The zero-order valence-corrected chi connectivity index (χ0v) is 16.7. The van der Waals surface area contributed by atoms with Crippen LogP contribution in [0.25, 0.3) is 0 Å². The molecule has 0 unspecified atom stereocenters. The van der Waals surface area contributed by atoms with E-state index in [9.17, 15) is 9.59 Å². The molecule has 0 bridgehead atoms. The Balaban J connectivity index is 2.24. The van der Waals surface area contributed by atoms with E-state index < -0.39 is 23.8 Å². The summed E-state index contributed by atoms with van der Waals surface area (Å²) in [6, 6.07) is 19.2. The standard InChI is InChI=1S/C23H27NO4/c1-15(2)24-20(16-11-7-5-8-12-16)18(22(25)27-3)19(23(26)28-4)21(24)17-13-9-6-10-14-17/h5-15,18-21H,1-4H3/t18-,19-,20+,21+/m0/s1. The number of likely N-dealkylation sites (tertiary alicyclic amines) is 1. The highest BCUT2D eigenvalue weighted by molar-refractivity contribution is 5.84. The van der Waals surface area contributed by atoms with Gasteiger partial charge < -0.3 is 9.47 Å². The van der Waals surface area contributed by atoms with Gasteiger partial charge >= 0.3 is 11.9 Å². The third kappa shape index (κ3) is 3.54. The molecule has 5 nitrogen and oxygen atoms in total. The van der Waals surface area contributed by atoms with Gasteiger partial charge in [0.25, 0.3) is 0 Å². The highest BCUT2D eigenvalue weighted by atomic mass is 16.5. The largest absolute Gasteiger partial charge is 0.469 e. The lowest BCUT2D eigenvalue weighted by Gasteiger charge is -2.35. The van der Waals surface area contributed by atoms with Crippen LogP contribution < -0.4 is 0 Å². The molecule has 0 N–H and O–H groups in total. The van der Waals surface area contributed by atoms with Crippen LogP contribution in [0.1, 0.15) is 37.1 Å². The van der Waals surface area contributed by atoms with Crippen molar-refractivity contribution in [3.8, 4) is 0 Å². The Bertz CT molecular complexity index is 740. The molecule has 1 saturated heterocycles. The van der Waals surface area contributed by atoms with E-state index in [1.165, 1.54) is 14.2 Å². The van der Waals surface area contributed by atoms with Gasteiger partial charge in [0, 0.05) is 18.1 Å². The molecule has 0 radical (unpaired) electrons. The third-order valence-electron chi connectivity index (χ3n) is 5.53. The fourth-order valence-electron chi connectivity index (χ4n) is 4.46. The van der Waals surface area contributed by atoms with Crippen molar-refractivity contribution in [1.82, 2.24) is 4.90 Å². The summed E-state index contributed by atoms with van der Waals surface area (Å²) in [4.78, 5) is 28.1. The maximum atomic E-state index is 12.9. The van der Waals surface area contributed by atoms with E-state index in [0.29, 0.717) is 0 Å². The van der Waals surface area contributed by atoms with Gasteiger partial charge in [0.1, 0.15) is 0 Å². The van der Waals surface area contributed by atoms with E-state index in [0.717, 1.165) is 11.1 Å². The van der Waals surface area contributed by atoms with Crippen LogP contribution in [0.3, 0.4) is 0 Å².